The third kappa shape index (κ3) is 3.99. The lowest BCUT2D eigenvalue weighted by Gasteiger charge is -2.09. The van der Waals surface area contributed by atoms with Crippen LogP contribution in [0.5, 0.6) is 11.5 Å². The summed E-state index contributed by atoms with van der Waals surface area (Å²) in [5.74, 6) is 0.774. The van der Waals surface area contributed by atoms with E-state index in [0.717, 1.165) is 0 Å². The van der Waals surface area contributed by atoms with E-state index in [2.05, 4.69) is 20.9 Å². The first kappa shape index (κ1) is 15.4. The van der Waals surface area contributed by atoms with Crippen LogP contribution in [-0.2, 0) is 0 Å². The summed E-state index contributed by atoms with van der Waals surface area (Å²) in [5, 5.41) is 20.5. The van der Waals surface area contributed by atoms with Gasteiger partial charge >= 0.3 is 0 Å². The minimum atomic E-state index is -0.606. The second-order valence-corrected chi connectivity index (χ2v) is 5.26. The maximum absolute atomic E-state index is 10.8. The van der Waals surface area contributed by atoms with Crippen molar-refractivity contribution in [1.29, 1.82) is 0 Å². The maximum atomic E-state index is 10.8. The predicted molar refractivity (Wildman–Crippen MR) is 80.4 cm³/mol. The first-order chi connectivity index (χ1) is 9.99. The molecule has 110 valence electrons. The number of aromatic nitrogens is 1. The fraction of sp³-hybridized carbons (Fsp3) is 0.214. The van der Waals surface area contributed by atoms with Gasteiger partial charge in [0.05, 0.1) is 29.0 Å². The lowest BCUT2D eigenvalue weighted by molar-refractivity contribution is -0.385. The number of hydrogen-bond donors (Lipinski definition) is 1. The molecule has 0 saturated heterocycles. The van der Waals surface area contributed by atoms with Crippen molar-refractivity contribution >= 4 is 21.6 Å². The number of hydrogen-bond acceptors (Lipinski definition) is 5. The second kappa shape index (κ2) is 6.64. The van der Waals surface area contributed by atoms with E-state index in [1.54, 1.807) is 18.2 Å². The average molecular weight is 353 g/mol. The number of nitrogens with zero attached hydrogens (tertiary/aromatic N) is 2. The SMILES string of the molecule is CC[C@H](O)c1ccc(Oc2cc(Br)cc([N+](=O)[O-])c2)cn1. The number of ether oxygens (including phenoxy) is 1. The van der Waals surface area contributed by atoms with E-state index in [1.165, 1.54) is 18.3 Å². The molecule has 0 aliphatic carbocycles. The topological polar surface area (TPSA) is 85.5 Å². The molecule has 0 amide bonds. The molecule has 1 atom stereocenters. The van der Waals surface area contributed by atoms with Crippen LogP contribution in [0.4, 0.5) is 5.69 Å². The summed E-state index contributed by atoms with van der Waals surface area (Å²) in [5.41, 5.74) is 0.496. The molecule has 0 unspecified atom stereocenters. The molecular weight excluding hydrogens is 340 g/mol. The Morgan fingerprint density at radius 3 is 2.71 bits per heavy atom. The lowest BCUT2D eigenvalue weighted by atomic mass is 10.2. The molecule has 0 aliphatic rings. The first-order valence-electron chi connectivity index (χ1n) is 6.26. The zero-order valence-corrected chi connectivity index (χ0v) is 12.8. The number of benzene rings is 1. The van der Waals surface area contributed by atoms with Gasteiger partial charge < -0.3 is 9.84 Å². The molecule has 6 nitrogen and oxygen atoms in total. The van der Waals surface area contributed by atoms with Crippen LogP contribution in [0.1, 0.15) is 25.1 Å². The number of halogens is 1. The predicted octanol–water partition coefficient (Wildman–Crippen LogP) is 3.99. The van der Waals surface area contributed by atoms with Crippen molar-refractivity contribution in [1.82, 2.24) is 4.98 Å². The first-order valence-corrected chi connectivity index (χ1v) is 7.05. The van der Waals surface area contributed by atoms with Gasteiger partial charge in [0.15, 0.2) is 0 Å². The van der Waals surface area contributed by atoms with Crippen LogP contribution >= 0.6 is 15.9 Å². The Bertz CT molecular complexity index is 646. The summed E-state index contributed by atoms with van der Waals surface area (Å²) < 4.78 is 6.09. The van der Waals surface area contributed by atoms with E-state index in [-0.39, 0.29) is 5.69 Å². The molecule has 0 fully saturated rings. The van der Waals surface area contributed by atoms with E-state index in [0.29, 0.717) is 28.1 Å². The molecule has 7 heteroatoms. The smallest absolute Gasteiger partial charge is 0.274 e. The quantitative estimate of drug-likeness (QED) is 0.649. The fourth-order valence-corrected chi connectivity index (χ4v) is 2.17. The van der Waals surface area contributed by atoms with Crippen molar-refractivity contribution in [3.05, 3.63) is 56.8 Å². The Labute approximate surface area is 129 Å². The largest absolute Gasteiger partial charge is 0.455 e. The summed E-state index contributed by atoms with van der Waals surface area (Å²) >= 11 is 3.20. The van der Waals surface area contributed by atoms with Gasteiger partial charge in [0.25, 0.3) is 5.69 Å². The Hall–Kier alpha value is -1.99. The fourth-order valence-electron chi connectivity index (χ4n) is 1.71. The Morgan fingerprint density at radius 2 is 2.14 bits per heavy atom. The number of nitro benzene ring substituents is 1. The average Bonchev–Trinajstić information content (AvgIpc) is 2.46. The number of non-ortho nitro benzene ring substituents is 1. The summed E-state index contributed by atoms with van der Waals surface area (Å²) in [6, 6.07) is 7.68. The van der Waals surface area contributed by atoms with Crippen LogP contribution < -0.4 is 4.74 Å². The van der Waals surface area contributed by atoms with E-state index < -0.39 is 11.0 Å². The molecule has 0 spiro atoms. The Morgan fingerprint density at radius 1 is 1.38 bits per heavy atom. The van der Waals surface area contributed by atoms with E-state index >= 15 is 0 Å². The van der Waals surface area contributed by atoms with Crippen LogP contribution in [0.25, 0.3) is 0 Å². The maximum Gasteiger partial charge on any atom is 0.274 e. The summed E-state index contributed by atoms with van der Waals surface area (Å²) in [6.07, 6.45) is 1.44. The van der Waals surface area contributed by atoms with Crippen LogP contribution in [0.2, 0.25) is 0 Å². The van der Waals surface area contributed by atoms with Crippen LogP contribution in [-0.4, -0.2) is 15.0 Å². The van der Waals surface area contributed by atoms with Gasteiger partial charge in [-0.2, -0.15) is 0 Å². The molecule has 1 aromatic carbocycles. The Balaban J connectivity index is 2.20. The van der Waals surface area contributed by atoms with Crippen LogP contribution in [0.3, 0.4) is 0 Å². The highest BCUT2D eigenvalue weighted by atomic mass is 79.9. The van der Waals surface area contributed by atoms with Crippen molar-refractivity contribution in [3.63, 3.8) is 0 Å². The molecule has 1 N–H and O–H groups in total. The van der Waals surface area contributed by atoms with Crippen LogP contribution in [0, 0.1) is 10.1 Å². The van der Waals surface area contributed by atoms with E-state index in [9.17, 15) is 15.2 Å². The number of aliphatic hydroxyl groups excluding tert-OH is 1. The van der Waals surface area contributed by atoms with E-state index in [1.807, 2.05) is 6.92 Å². The zero-order valence-electron chi connectivity index (χ0n) is 11.2. The summed E-state index contributed by atoms with van der Waals surface area (Å²) in [7, 11) is 0. The molecule has 0 aliphatic heterocycles. The van der Waals surface area contributed by atoms with Gasteiger partial charge in [0.1, 0.15) is 11.5 Å². The van der Waals surface area contributed by atoms with Crippen molar-refractivity contribution in [2.24, 2.45) is 0 Å². The van der Waals surface area contributed by atoms with Crippen molar-refractivity contribution in [3.8, 4) is 11.5 Å². The highest BCUT2D eigenvalue weighted by molar-refractivity contribution is 9.10. The number of pyridine rings is 1. The van der Waals surface area contributed by atoms with Crippen molar-refractivity contribution in [2.75, 3.05) is 0 Å². The van der Waals surface area contributed by atoms with Crippen molar-refractivity contribution in [2.45, 2.75) is 19.4 Å². The summed E-state index contributed by atoms with van der Waals surface area (Å²) in [6.45, 7) is 1.86. The highest BCUT2D eigenvalue weighted by Crippen LogP contribution is 2.29. The third-order valence-corrected chi connectivity index (χ3v) is 3.25. The molecule has 0 saturated carbocycles. The van der Waals surface area contributed by atoms with Gasteiger partial charge in [0.2, 0.25) is 0 Å². The van der Waals surface area contributed by atoms with Gasteiger partial charge in [-0.15, -0.1) is 0 Å². The lowest BCUT2D eigenvalue weighted by Crippen LogP contribution is -1.98. The second-order valence-electron chi connectivity index (χ2n) is 4.35. The monoisotopic (exact) mass is 352 g/mol. The number of aliphatic hydroxyl groups is 1. The molecular formula is C14H13BrN2O4. The minimum Gasteiger partial charge on any atom is -0.455 e. The highest BCUT2D eigenvalue weighted by Gasteiger charge is 2.11. The van der Waals surface area contributed by atoms with Gasteiger partial charge in [0, 0.05) is 10.5 Å². The zero-order chi connectivity index (χ0) is 15.4. The third-order valence-electron chi connectivity index (χ3n) is 2.79. The van der Waals surface area contributed by atoms with Gasteiger partial charge in [-0.25, -0.2) is 0 Å². The van der Waals surface area contributed by atoms with Gasteiger partial charge in [-0.1, -0.05) is 22.9 Å². The molecule has 1 heterocycles. The number of rotatable bonds is 5. The molecule has 2 rings (SSSR count). The molecule has 2 aromatic rings. The molecule has 1 aromatic heterocycles. The van der Waals surface area contributed by atoms with E-state index in [4.69, 9.17) is 4.74 Å². The van der Waals surface area contributed by atoms with Gasteiger partial charge in [-0.05, 0) is 24.6 Å². The van der Waals surface area contributed by atoms with Crippen LogP contribution in [0.15, 0.2) is 41.0 Å². The normalized spacial score (nSPS) is 12.0. The number of nitro groups is 1. The standard InChI is InChI=1S/C14H13BrN2O4/c1-2-14(18)13-4-3-11(8-16-13)21-12-6-9(15)5-10(7-12)17(19)20/h3-8,14,18H,2H2,1H3/t14-/m0/s1. The minimum absolute atomic E-state index is 0.0645. The Kier molecular flexibility index (Phi) is 4.87. The molecule has 21 heavy (non-hydrogen) atoms. The molecule has 0 bridgehead atoms. The van der Waals surface area contributed by atoms with Crippen molar-refractivity contribution < 1.29 is 14.8 Å². The van der Waals surface area contributed by atoms with Gasteiger partial charge in [-0.3, -0.25) is 15.1 Å². The molecule has 0 radical (unpaired) electrons. The summed E-state index contributed by atoms with van der Waals surface area (Å²) in [4.78, 5) is 14.4.